The molecule has 0 aliphatic carbocycles. The summed E-state index contributed by atoms with van der Waals surface area (Å²) >= 11 is 0. The molecule has 0 saturated heterocycles. The fourth-order valence-electron chi connectivity index (χ4n) is 1.80. The number of rotatable bonds is 0. The Kier molecular flexibility index (Phi) is 2.14. The Morgan fingerprint density at radius 2 is 2.07 bits per heavy atom. The number of aromatic nitrogens is 2. The monoisotopic (exact) mass is 193 g/mol. The summed E-state index contributed by atoms with van der Waals surface area (Å²) in [5.74, 6) is 0. The van der Waals surface area contributed by atoms with Crippen LogP contribution in [-0.4, -0.2) is 28.3 Å². The van der Waals surface area contributed by atoms with Crippen molar-refractivity contribution in [2.75, 3.05) is 13.6 Å². The fraction of sp³-hybridized carbons (Fsp3) is 0.727. The molecule has 0 bridgehead atoms. The Labute approximate surface area is 85.7 Å². The molecule has 2 heterocycles. The van der Waals surface area contributed by atoms with E-state index >= 15 is 0 Å². The van der Waals surface area contributed by atoms with Crippen LogP contribution in [0.1, 0.15) is 32.0 Å². The summed E-state index contributed by atoms with van der Waals surface area (Å²) in [5.41, 5.74) is 2.79. The Balaban J connectivity index is 2.32. The molecular weight excluding hydrogens is 174 g/mol. The minimum absolute atomic E-state index is 0.107. The quantitative estimate of drug-likeness (QED) is 0.624. The summed E-state index contributed by atoms with van der Waals surface area (Å²) in [6.07, 6.45) is 3.29. The van der Waals surface area contributed by atoms with E-state index in [-0.39, 0.29) is 5.54 Å². The molecule has 1 aromatic rings. The Morgan fingerprint density at radius 3 is 2.71 bits per heavy atom. The van der Waals surface area contributed by atoms with E-state index in [0.29, 0.717) is 0 Å². The van der Waals surface area contributed by atoms with Crippen LogP contribution in [-0.2, 0) is 18.5 Å². The maximum atomic E-state index is 4.65. The zero-order valence-electron chi connectivity index (χ0n) is 9.54. The van der Waals surface area contributed by atoms with Crippen molar-refractivity contribution < 1.29 is 0 Å². The highest BCUT2D eigenvalue weighted by Gasteiger charge is 2.21. The first kappa shape index (κ1) is 9.71. The average molecular weight is 193 g/mol. The topological polar surface area (TPSA) is 21.1 Å². The zero-order valence-corrected chi connectivity index (χ0v) is 9.54. The number of nitrogens with zero attached hydrogens (tertiary/aromatic N) is 3. The van der Waals surface area contributed by atoms with Crippen molar-refractivity contribution >= 4 is 0 Å². The smallest absolute Gasteiger partial charge is 0.0682 e. The zero-order chi connectivity index (χ0) is 10.3. The molecule has 1 aromatic heterocycles. The number of likely N-dealkylation sites (N-methyl/N-ethyl adjacent to an activating group) is 1. The summed E-state index contributed by atoms with van der Waals surface area (Å²) in [6.45, 7) is 8.75. The van der Waals surface area contributed by atoms with Crippen LogP contribution in [0.5, 0.6) is 0 Å². The molecule has 1 aliphatic heterocycles. The molecule has 0 amide bonds. The van der Waals surface area contributed by atoms with E-state index in [2.05, 4.69) is 48.7 Å². The van der Waals surface area contributed by atoms with Gasteiger partial charge in [-0.3, -0.25) is 4.68 Å². The molecular formula is C11H19N3. The maximum Gasteiger partial charge on any atom is 0.0682 e. The fourth-order valence-corrected chi connectivity index (χ4v) is 1.80. The van der Waals surface area contributed by atoms with E-state index in [1.165, 1.54) is 11.3 Å². The third kappa shape index (κ3) is 1.69. The summed E-state index contributed by atoms with van der Waals surface area (Å²) in [7, 11) is 2.16. The van der Waals surface area contributed by atoms with Gasteiger partial charge in [0, 0.05) is 31.3 Å². The van der Waals surface area contributed by atoms with Crippen molar-refractivity contribution in [3.8, 4) is 0 Å². The van der Waals surface area contributed by atoms with E-state index in [1.54, 1.807) is 0 Å². The van der Waals surface area contributed by atoms with Crippen LogP contribution in [0.25, 0.3) is 0 Å². The van der Waals surface area contributed by atoms with Crippen LogP contribution in [0.4, 0.5) is 0 Å². The van der Waals surface area contributed by atoms with E-state index in [4.69, 9.17) is 0 Å². The summed E-state index contributed by atoms with van der Waals surface area (Å²) in [5, 5.41) is 4.65. The van der Waals surface area contributed by atoms with Crippen molar-refractivity contribution in [2.24, 2.45) is 0 Å². The molecule has 0 radical (unpaired) electrons. The van der Waals surface area contributed by atoms with Crippen molar-refractivity contribution in [1.29, 1.82) is 0 Å². The summed E-state index contributed by atoms with van der Waals surface area (Å²) in [4.78, 5) is 2.34. The van der Waals surface area contributed by atoms with E-state index in [0.717, 1.165) is 19.5 Å². The van der Waals surface area contributed by atoms with Gasteiger partial charge in [-0.05, 0) is 27.8 Å². The standard InChI is InChI=1S/C11H19N3/c1-11(2,3)14-8-9-7-13(4)6-5-10(9)12-14/h8H,5-7H2,1-4H3. The molecule has 1 aliphatic rings. The Bertz CT molecular complexity index is 333. The second kappa shape index (κ2) is 3.09. The van der Waals surface area contributed by atoms with Gasteiger partial charge < -0.3 is 4.90 Å². The van der Waals surface area contributed by atoms with Crippen LogP contribution in [0.3, 0.4) is 0 Å². The van der Waals surface area contributed by atoms with Crippen LogP contribution in [0, 0.1) is 0 Å². The third-order valence-electron chi connectivity index (χ3n) is 2.74. The van der Waals surface area contributed by atoms with E-state index in [9.17, 15) is 0 Å². The van der Waals surface area contributed by atoms with E-state index < -0.39 is 0 Å². The van der Waals surface area contributed by atoms with Gasteiger partial charge in [-0.25, -0.2) is 0 Å². The summed E-state index contributed by atoms with van der Waals surface area (Å²) < 4.78 is 2.09. The van der Waals surface area contributed by atoms with Gasteiger partial charge in [-0.1, -0.05) is 0 Å². The lowest BCUT2D eigenvalue weighted by molar-refractivity contribution is 0.311. The highest BCUT2D eigenvalue weighted by molar-refractivity contribution is 5.20. The van der Waals surface area contributed by atoms with Gasteiger partial charge in [0.15, 0.2) is 0 Å². The van der Waals surface area contributed by atoms with Gasteiger partial charge in [0.25, 0.3) is 0 Å². The first-order chi connectivity index (χ1) is 6.47. The lowest BCUT2D eigenvalue weighted by Gasteiger charge is -2.20. The van der Waals surface area contributed by atoms with Crippen molar-refractivity contribution in [3.05, 3.63) is 17.5 Å². The SMILES string of the molecule is CN1CCc2nn(C(C)(C)C)cc2C1. The lowest BCUT2D eigenvalue weighted by Crippen LogP contribution is -2.25. The molecule has 0 fully saturated rings. The van der Waals surface area contributed by atoms with Gasteiger partial charge >= 0.3 is 0 Å². The number of fused-ring (bicyclic) bond motifs is 1. The molecule has 3 heteroatoms. The third-order valence-corrected chi connectivity index (χ3v) is 2.74. The molecule has 2 rings (SSSR count). The lowest BCUT2D eigenvalue weighted by atomic mass is 10.1. The molecule has 0 aromatic carbocycles. The maximum absolute atomic E-state index is 4.65. The molecule has 14 heavy (non-hydrogen) atoms. The second-order valence-electron chi connectivity index (χ2n) is 5.20. The van der Waals surface area contributed by atoms with Crippen molar-refractivity contribution in [2.45, 2.75) is 39.3 Å². The largest absolute Gasteiger partial charge is 0.302 e. The highest BCUT2D eigenvalue weighted by Crippen LogP contribution is 2.20. The molecule has 78 valence electrons. The van der Waals surface area contributed by atoms with Crippen LogP contribution in [0.2, 0.25) is 0 Å². The second-order valence-corrected chi connectivity index (χ2v) is 5.20. The highest BCUT2D eigenvalue weighted by atomic mass is 15.3. The molecule has 0 N–H and O–H groups in total. The van der Waals surface area contributed by atoms with Crippen molar-refractivity contribution in [1.82, 2.24) is 14.7 Å². The van der Waals surface area contributed by atoms with Crippen molar-refractivity contribution in [3.63, 3.8) is 0 Å². The van der Waals surface area contributed by atoms with Crippen LogP contribution >= 0.6 is 0 Å². The Morgan fingerprint density at radius 1 is 1.36 bits per heavy atom. The van der Waals surface area contributed by atoms with Gasteiger partial charge in [-0.2, -0.15) is 5.10 Å². The normalized spacial score (nSPS) is 18.3. The van der Waals surface area contributed by atoms with Gasteiger partial charge in [0.2, 0.25) is 0 Å². The predicted molar refractivity (Wildman–Crippen MR) is 57.3 cm³/mol. The molecule has 0 spiro atoms. The molecule has 0 atom stereocenters. The van der Waals surface area contributed by atoms with Crippen LogP contribution in [0.15, 0.2) is 6.20 Å². The first-order valence-corrected chi connectivity index (χ1v) is 5.23. The van der Waals surface area contributed by atoms with Gasteiger partial charge in [0.05, 0.1) is 11.2 Å². The van der Waals surface area contributed by atoms with E-state index in [1.807, 2.05) is 0 Å². The predicted octanol–water partition coefficient (Wildman–Crippen LogP) is 1.63. The minimum Gasteiger partial charge on any atom is -0.302 e. The number of hydrogen-bond donors (Lipinski definition) is 0. The van der Waals surface area contributed by atoms with Crippen LogP contribution < -0.4 is 0 Å². The van der Waals surface area contributed by atoms with Gasteiger partial charge in [-0.15, -0.1) is 0 Å². The average Bonchev–Trinajstić information content (AvgIpc) is 2.45. The van der Waals surface area contributed by atoms with Gasteiger partial charge in [0.1, 0.15) is 0 Å². The Hall–Kier alpha value is -0.830. The molecule has 3 nitrogen and oxygen atoms in total. The first-order valence-electron chi connectivity index (χ1n) is 5.23. The molecule has 0 saturated carbocycles. The summed E-state index contributed by atoms with van der Waals surface area (Å²) in [6, 6.07) is 0. The molecule has 0 unspecified atom stereocenters. The minimum atomic E-state index is 0.107. The number of hydrogen-bond acceptors (Lipinski definition) is 2.